The molecule has 5 rings (SSSR count). The maximum absolute atomic E-state index is 12.5. The molecule has 1 N–H and O–H groups in total. The van der Waals surface area contributed by atoms with E-state index >= 15 is 0 Å². The number of β-amino-alcohol motifs (C(OH)–C–C–N with tert-alkyl or cyclic N) is 1. The van der Waals surface area contributed by atoms with Gasteiger partial charge in [0, 0.05) is 19.5 Å². The van der Waals surface area contributed by atoms with Crippen LogP contribution in [-0.2, 0) is 4.79 Å². The van der Waals surface area contributed by atoms with E-state index in [0.717, 1.165) is 12.3 Å². The molecule has 4 saturated carbocycles. The van der Waals surface area contributed by atoms with E-state index in [-0.39, 0.29) is 11.5 Å². The van der Waals surface area contributed by atoms with Crippen molar-refractivity contribution < 1.29 is 9.90 Å². The first-order valence-corrected chi connectivity index (χ1v) is 8.25. The molecule has 1 amide bonds. The normalized spacial score (nSPS) is 50.4. The molecule has 2 atom stereocenters. The van der Waals surface area contributed by atoms with Crippen LogP contribution in [0.25, 0.3) is 0 Å². The van der Waals surface area contributed by atoms with E-state index in [4.69, 9.17) is 0 Å². The lowest BCUT2D eigenvalue weighted by molar-refractivity contribution is -0.166. The van der Waals surface area contributed by atoms with Crippen molar-refractivity contribution in [3.63, 3.8) is 0 Å². The zero-order valence-electron chi connectivity index (χ0n) is 12.8. The quantitative estimate of drug-likeness (QED) is 0.843. The van der Waals surface area contributed by atoms with Crippen molar-refractivity contribution in [1.29, 1.82) is 0 Å². The Hall–Kier alpha value is -0.570. The molecule has 0 radical (unpaired) electrons. The third kappa shape index (κ3) is 1.93. The van der Waals surface area contributed by atoms with Gasteiger partial charge in [-0.25, -0.2) is 0 Å². The molecule has 0 aromatic rings. The molecular formula is C17H27NO2. The lowest BCUT2D eigenvalue weighted by Crippen LogP contribution is -2.58. The molecule has 0 aromatic carbocycles. The molecule has 1 aliphatic heterocycles. The largest absolute Gasteiger partial charge is 0.389 e. The van der Waals surface area contributed by atoms with Gasteiger partial charge >= 0.3 is 0 Å². The molecule has 5 aliphatic rings. The summed E-state index contributed by atoms with van der Waals surface area (Å²) in [6.45, 7) is 6.05. The highest BCUT2D eigenvalue weighted by Gasteiger charge is 2.60. The van der Waals surface area contributed by atoms with Crippen LogP contribution in [0.15, 0.2) is 0 Å². The number of hydrogen-bond acceptors (Lipinski definition) is 2. The number of rotatable bonds is 2. The van der Waals surface area contributed by atoms with Gasteiger partial charge < -0.3 is 10.0 Å². The SMILES string of the molecule is CC12CC3CC(C)(C1)CC(CC(=O)N1CC(O)C1)(C3)C2. The molecule has 1 saturated heterocycles. The fourth-order valence-corrected chi connectivity index (χ4v) is 6.97. The van der Waals surface area contributed by atoms with Crippen LogP contribution < -0.4 is 0 Å². The Kier molecular flexibility index (Phi) is 2.49. The number of likely N-dealkylation sites (tertiary alicyclic amines) is 1. The molecule has 5 fully saturated rings. The highest BCUT2D eigenvalue weighted by molar-refractivity contribution is 5.78. The molecule has 3 heteroatoms. The number of aliphatic hydroxyl groups excluding tert-OH is 1. The maximum Gasteiger partial charge on any atom is 0.223 e. The first kappa shape index (κ1) is 13.1. The van der Waals surface area contributed by atoms with Gasteiger partial charge in [-0.15, -0.1) is 0 Å². The number of aliphatic hydroxyl groups is 1. The van der Waals surface area contributed by atoms with E-state index in [1.54, 1.807) is 0 Å². The van der Waals surface area contributed by atoms with Crippen molar-refractivity contribution in [3.05, 3.63) is 0 Å². The van der Waals surface area contributed by atoms with Gasteiger partial charge in [-0.2, -0.15) is 0 Å². The van der Waals surface area contributed by atoms with Crippen molar-refractivity contribution in [1.82, 2.24) is 4.90 Å². The summed E-state index contributed by atoms with van der Waals surface area (Å²) in [5, 5.41) is 9.38. The topological polar surface area (TPSA) is 40.5 Å². The monoisotopic (exact) mass is 277 g/mol. The van der Waals surface area contributed by atoms with Crippen molar-refractivity contribution in [2.75, 3.05) is 13.1 Å². The Labute approximate surface area is 121 Å². The zero-order valence-corrected chi connectivity index (χ0v) is 12.8. The Morgan fingerprint density at radius 3 is 2.20 bits per heavy atom. The van der Waals surface area contributed by atoms with Crippen LogP contribution in [0, 0.1) is 22.2 Å². The minimum Gasteiger partial charge on any atom is -0.389 e. The second-order valence-electron chi connectivity index (χ2n) is 9.26. The lowest BCUT2D eigenvalue weighted by atomic mass is 9.40. The molecule has 4 bridgehead atoms. The highest BCUT2D eigenvalue weighted by atomic mass is 16.3. The molecule has 2 unspecified atom stereocenters. The third-order valence-corrected chi connectivity index (χ3v) is 6.48. The Morgan fingerprint density at radius 1 is 1.10 bits per heavy atom. The van der Waals surface area contributed by atoms with Gasteiger partial charge in [0.15, 0.2) is 0 Å². The predicted molar refractivity (Wildman–Crippen MR) is 77.0 cm³/mol. The second-order valence-corrected chi connectivity index (χ2v) is 9.26. The van der Waals surface area contributed by atoms with E-state index in [2.05, 4.69) is 13.8 Å². The van der Waals surface area contributed by atoms with Crippen LogP contribution in [0.3, 0.4) is 0 Å². The average molecular weight is 277 g/mol. The summed E-state index contributed by atoms with van der Waals surface area (Å²) in [4.78, 5) is 14.3. The number of hydrogen-bond donors (Lipinski definition) is 1. The van der Waals surface area contributed by atoms with Crippen molar-refractivity contribution in [3.8, 4) is 0 Å². The van der Waals surface area contributed by atoms with Gasteiger partial charge in [-0.3, -0.25) is 4.79 Å². The molecule has 20 heavy (non-hydrogen) atoms. The van der Waals surface area contributed by atoms with E-state index in [1.165, 1.54) is 38.5 Å². The Bertz CT molecular complexity index is 436. The number of nitrogens with zero attached hydrogens (tertiary/aromatic N) is 1. The predicted octanol–water partition coefficient (Wildman–Crippen LogP) is 2.58. The van der Waals surface area contributed by atoms with Gasteiger partial charge in [-0.1, -0.05) is 13.8 Å². The van der Waals surface area contributed by atoms with Crippen molar-refractivity contribution >= 4 is 5.91 Å². The molecular weight excluding hydrogens is 250 g/mol. The maximum atomic E-state index is 12.5. The summed E-state index contributed by atoms with van der Waals surface area (Å²) in [7, 11) is 0. The standard InChI is InChI=1S/C17H27NO2/c1-15-3-12-4-16(2,9-15)11-17(5-12,10-15)6-14(20)18-7-13(19)8-18/h12-13,19H,3-11H2,1-2H3. The molecule has 0 spiro atoms. The van der Waals surface area contributed by atoms with E-state index in [1.807, 2.05) is 4.90 Å². The number of carbonyl (C=O) groups excluding carboxylic acids is 1. The van der Waals surface area contributed by atoms with Gasteiger partial charge in [0.1, 0.15) is 0 Å². The number of carbonyl (C=O) groups is 1. The summed E-state index contributed by atoms with van der Waals surface area (Å²) in [5.74, 6) is 1.15. The number of amides is 1. The molecule has 1 heterocycles. The fourth-order valence-electron chi connectivity index (χ4n) is 6.97. The van der Waals surface area contributed by atoms with Crippen LogP contribution in [0.1, 0.15) is 58.8 Å². The van der Waals surface area contributed by atoms with Crippen LogP contribution in [0.5, 0.6) is 0 Å². The first-order chi connectivity index (χ1) is 9.29. The van der Waals surface area contributed by atoms with Crippen LogP contribution in [0.4, 0.5) is 0 Å². The molecule has 112 valence electrons. The minimum atomic E-state index is -0.273. The lowest BCUT2D eigenvalue weighted by Gasteiger charge is -2.65. The summed E-state index contributed by atoms with van der Waals surface area (Å²) in [6.07, 6.45) is 8.41. The van der Waals surface area contributed by atoms with Gasteiger partial charge in [0.2, 0.25) is 5.91 Å². The van der Waals surface area contributed by atoms with E-state index in [0.29, 0.717) is 29.8 Å². The Morgan fingerprint density at radius 2 is 1.70 bits per heavy atom. The first-order valence-electron chi connectivity index (χ1n) is 8.25. The van der Waals surface area contributed by atoms with Crippen molar-refractivity contribution in [2.24, 2.45) is 22.2 Å². The van der Waals surface area contributed by atoms with Gasteiger partial charge in [-0.05, 0) is 60.7 Å². The second kappa shape index (κ2) is 3.79. The zero-order chi connectivity index (χ0) is 14.2. The molecule has 3 nitrogen and oxygen atoms in total. The average Bonchev–Trinajstić information content (AvgIpc) is 2.18. The van der Waals surface area contributed by atoms with Crippen LogP contribution in [-0.4, -0.2) is 35.1 Å². The smallest absolute Gasteiger partial charge is 0.223 e. The van der Waals surface area contributed by atoms with Crippen LogP contribution >= 0.6 is 0 Å². The van der Waals surface area contributed by atoms with Gasteiger partial charge in [0.05, 0.1) is 6.10 Å². The summed E-state index contributed by atoms with van der Waals surface area (Å²) in [6, 6.07) is 0. The third-order valence-electron chi connectivity index (χ3n) is 6.48. The summed E-state index contributed by atoms with van der Waals surface area (Å²) >= 11 is 0. The van der Waals surface area contributed by atoms with E-state index in [9.17, 15) is 9.90 Å². The highest BCUT2D eigenvalue weighted by Crippen LogP contribution is 2.70. The summed E-state index contributed by atoms with van der Waals surface area (Å²) < 4.78 is 0. The van der Waals surface area contributed by atoms with Crippen LogP contribution in [0.2, 0.25) is 0 Å². The van der Waals surface area contributed by atoms with E-state index < -0.39 is 0 Å². The Balaban J connectivity index is 1.53. The minimum absolute atomic E-state index is 0.273. The molecule has 0 aromatic heterocycles. The fraction of sp³-hybridized carbons (Fsp3) is 0.941. The van der Waals surface area contributed by atoms with Gasteiger partial charge in [0.25, 0.3) is 0 Å². The summed E-state index contributed by atoms with van der Waals surface area (Å²) in [5.41, 5.74) is 1.26. The van der Waals surface area contributed by atoms with Crippen molar-refractivity contribution in [2.45, 2.75) is 64.9 Å². The molecule has 4 aliphatic carbocycles.